The molecule has 1 heterocycles. The van der Waals surface area contributed by atoms with Crippen molar-refractivity contribution in [1.29, 1.82) is 15.8 Å². The van der Waals surface area contributed by atoms with E-state index < -0.39 is 5.60 Å². The molecule has 0 amide bonds. The molecule has 0 radical (unpaired) electrons. The molecule has 0 aromatic heterocycles. The maximum absolute atomic E-state index is 9.71. The van der Waals surface area contributed by atoms with Gasteiger partial charge in [-0.05, 0) is 55.8 Å². The SMILES string of the molecule is CC1(C)OC(=C(C#N)C#N)C(C#N)=C1/C=C/c1ccc(N(c2ccccc2)c2ccccc2)cc1. The van der Waals surface area contributed by atoms with Gasteiger partial charge >= 0.3 is 0 Å². The first-order valence-electron chi connectivity index (χ1n) is 11.1. The highest BCUT2D eigenvalue weighted by atomic mass is 16.5. The van der Waals surface area contributed by atoms with Crippen LogP contribution >= 0.6 is 0 Å². The van der Waals surface area contributed by atoms with Crippen molar-refractivity contribution in [2.45, 2.75) is 19.4 Å². The number of benzene rings is 3. The van der Waals surface area contributed by atoms with Crippen LogP contribution in [0.3, 0.4) is 0 Å². The van der Waals surface area contributed by atoms with Gasteiger partial charge in [0.05, 0.1) is 0 Å². The van der Waals surface area contributed by atoms with Crippen molar-refractivity contribution >= 4 is 23.1 Å². The Labute approximate surface area is 205 Å². The van der Waals surface area contributed by atoms with Crippen LogP contribution in [0.1, 0.15) is 19.4 Å². The highest BCUT2D eigenvalue weighted by Gasteiger charge is 2.38. The summed E-state index contributed by atoms with van der Waals surface area (Å²) in [5.74, 6) is 0.0406. The Balaban J connectivity index is 1.69. The largest absolute Gasteiger partial charge is 0.480 e. The predicted molar refractivity (Wildman–Crippen MR) is 136 cm³/mol. The minimum absolute atomic E-state index is 0.0406. The highest BCUT2D eigenvalue weighted by Crippen LogP contribution is 2.40. The van der Waals surface area contributed by atoms with Gasteiger partial charge in [0.25, 0.3) is 0 Å². The Morgan fingerprint density at radius 3 is 1.74 bits per heavy atom. The third-order valence-corrected chi connectivity index (χ3v) is 5.69. The van der Waals surface area contributed by atoms with E-state index in [-0.39, 0.29) is 16.9 Å². The van der Waals surface area contributed by atoms with Gasteiger partial charge in [-0.2, -0.15) is 15.8 Å². The van der Waals surface area contributed by atoms with E-state index in [1.807, 2.05) is 98.8 Å². The monoisotopic (exact) mass is 454 g/mol. The smallest absolute Gasteiger partial charge is 0.172 e. The number of hydrogen-bond donors (Lipinski definition) is 0. The normalized spacial score (nSPS) is 14.1. The first-order valence-corrected chi connectivity index (χ1v) is 11.1. The quantitative estimate of drug-likeness (QED) is 0.384. The van der Waals surface area contributed by atoms with Gasteiger partial charge in [0.1, 0.15) is 29.4 Å². The molecule has 0 saturated heterocycles. The molecule has 0 unspecified atom stereocenters. The van der Waals surface area contributed by atoms with Crippen LogP contribution in [0.15, 0.2) is 113 Å². The molecule has 3 aromatic rings. The van der Waals surface area contributed by atoms with Gasteiger partial charge in [0, 0.05) is 22.6 Å². The number of nitrogens with zero attached hydrogens (tertiary/aromatic N) is 4. The maximum Gasteiger partial charge on any atom is 0.172 e. The van der Waals surface area contributed by atoms with Gasteiger partial charge in [-0.1, -0.05) is 60.7 Å². The lowest BCUT2D eigenvalue weighted by molar-refractivity contribution is 0.0954. The molecule has 168 valence electrons. The van der Waals surface area contributed by atoms with Crippen LogP contribution < -0.4 is 4.90 Å². The second-order valence-electron chi connectivity index (χ2n) is 8.37. The summed E-state index contributed by atoms with van der Waals surface area (Å²) in [6.45, 7) is 3.62. The van der Waals surface area contributed by atoms with Crippen LogP contribution in [0, 0.1) is 34.0 Å². The maximum atomic E-state index is 9.71. The van der Waals surface area contributed by atoms with Gasteiger partial charge in [0.2, 0.25) is 0 Å². The number of rotatable bonds is 5. The van der Waals surface area contributed by atoms with Crippen molar-refractivity contribution in [3.05, 3.63) is 119 Å². The molecule has 0 aliphatic carbocycles. The van der Waals surface area contributed by atoms with Crippen molar-refractivity contribution < 1.29 is 4.74 Å². The summed E-state index contributed by atoms with van der Waals surface area (Å²) in [5, 5.41) is 28.2. The summed E-state index contributed by atoms with van der Waals surface area (Å²) < 4.78 is 5.83. The molecule has 0 saturated carbocycles. The van der Waals surface area contributed by atoms with Gasteiger partial charge in [-0.25, -0.2) is 0 Å². The second kappa shape index (κ2) is 9.84. The third-order valence-electron chi connectivity index (χ3n) is 5.69. The molecule has 1 aliphatic rings. The molecule has 1 aliphatic heterocycles. The van der Waals surface area contributed by atoms with Crippen molar-refractivity contribution in [3.63, 3.8) is 0 Å². The minimum atomic E-state index is -0.840. The molecule has 0 fully saturated rings. The standard InChI is InChI=1S/C30H22N4O/c1-30(2)28(27(21-33)29(35-30)23(19-31)20-32)18-15-22-13-16-26(17-14-22)34(24-9-5-3-6-10-24)25-11-7-4-8-12-25/h3-18H,1-2H3/b18-15+. The van der Waals surface area contributed by atoms with E-state index in [1.54, 1.807) is 0 Å². The van der Waals surface area contributed by atoms with Crippen LogP contribution in [-0.4, -0.2) is 5.60 Å². The first-order chi connectivity index (χ1) is 17.0. The number of anilines is 3. The van der Waals surface area contributed by atoms with E-state index in [9.17, 15) is 15.8 Å². The summed E-state index contributed by atoms with van der Waals surface area (Å²) >= 11 is 0. The van der Waals surface area contributed by atoms with Gasteiger partial charge in [-0.3, -0.25) is 0 Å². The van der Waals surface area contributed by atoms with E-state index in [2.05, 4.69) is 35.2 Å². The zero-order valence-corrected chi connectivity index (χ0v) is 19.4. The summed E-state index contributed by atoms with van der Waals surface area (Å²) in [5.41, 5.74) is 3.85. The molecule has 35 heavy (non-hydrogen) atoms. The summed E-state index contributed by atoms with van der Waals surface area (Å²) in [7, 11) is 0. The predicted octanol–water partition coefficient (Wildman–Crippen LogP) is 7.10. The van der Waals surface area contributed by atoms with E-state index in [0.29, 0.717) is 5.57 Å². The van der Waals surface area contributed by atoms with Crippen LogP contribution in [-0.2, 0) is 4.74 Å². The first kappa shape index (κ1) is 23.1. The van der Waals surface area contributed by atoms with Crippen molar-refractivity contribution in [2.24, 2.45) is 0 Å². The molecular formula is C30H22N4O. The molecule has 0 atom stereocenters. The number of para-hydroxylation sites is 2. The van der Waals surface area contributed by atoms with Gasteiger partial charge in [-0.15, -0.1) is 0 Å². The fraction of sp³-hybridized carbons (Fsp3) is 0.100. The van der Waals surface area contributed by atoms with Crippen LogP contribution in [0.2, 0.25) is 0 Å². The van der Waals surface area contributed by atoms with Crippen LogP contribution in [0.25, 0.3) is 6.08 Å². The van der Waals surface area contributed by atoms with Crippen LogP contribution in [0.5, 0.6) is 0 Å². The van der Waals surface area contributed by atoms with E-state index in [0.717, 1.165) is 22.6 Å². The molecule has 5 nitrogen and oxygen atoms in total. The molecule has 5 heteroatoms. The molecule has 0 bridgehead atoms. The number of allylic oxidation sites excluding steroid dienone is 2. The third kappa shape index (κ3) is 4.69. The molecular weight excluding hydrogens is 432 g/mol. The van der Waals surface area contributed by atoms with Crippen LogP contribution in [0.4, 0.5) is 17.1 Å². The number of hydrogen-bond acceptors (Lipinski definition) is 5. The summed E-state index contributed by atoms with van der Waals surface area (Å²) in [4.78, 5) is 2.18. The highest BCUT2D eigenvalue weighted by molar-refractivity contribution is 5.77. The number of nitriles is 3. The lowest BCUT2D eigenvalue weighted by Crippen LogP contribution is -2.20. The zero-order valence-electron chi connectivity index (χ0n) is 19.4. The summed E-state index contributed by atoms with van der Waals surface area (Å²) in [6.07, 6.45) is 3.72. The Morgan fingerprint density at radius 2 is 1.26 bits per heavy atom. The Morgan fingerprint density at radius 1 is 0.743 bits per heavy atom. The lowest BCUT2D eigenvalue weighted by atomic mass is 9.94. The fourth-order valence-electron chi connectivity index (χ4n) is 4.00. The number of ether oxygens (including phenoxy) is 1. The minimum Gasteiger partial charge on any atom is -0.480 e. The van der Waals surface area contributed by atoms with Gasteiger partial charge in [0.15, 0.2) is 11.3 Å². The van der Waals surface area contributed by atoms with E-state index in [4.69, 9.17) is 4.74 Å². The van der Waals surface area contributed by atoms with E-state index in [1.165, 1.54) is 0 Å². The average Bonchev–Trinajstić information content (AvgIpc) is 3.15. The lowest BCUT2D eigenvalue weighted by Gasteiger charge is -2.25. The summed E-state index contributed by atoms with van der Waals surface area (Å²) in [6, 6.07) is 34.2. The Kier molecular flexibility index (Phi) is 6.50. The van der Waals surface area contributed by atoms with Gasteiger partial charge < -0.3 is 9.64 Å². The topological polar surface area (TPSA) is 83.8 Å². The van der Waals surface area contributed by atoms with E-state index >= 15 is 0 Å². The molecule has 0 spiro atoms. The van der Waals surface area contributed by atoms with Crippen molar-refractivity contribution in [2.75, 3.05) is 4.90 Å². The Bertz CT molecular complexity index is 1390. The molecule has 0 N–H and O–H groups in total. The van der Waals surface area contributed by atoms with Crippen molar-refractivity contribution in [1.82, 2.24) is 0 Å². The van der Waals surface area contributed by atoms with Crippen molar-refractivity contribution in [3.8, 4) is 18.2 Å². The molecule has 3 aromatic carbocycles. The molecule has 4 rings (SSSR count). The average molecular weight is 455 g/mol. The fourth-order valence-corrected chi connectivity index (χ4v) is 4.00. The second-order valence-corrected chi connectivity index (χ2v) is 8.37. The zero-order chi connectivity index (χ0) is 24.8. The Hall–Kier alpha value is -5.05.